The third-order valence-corrected chi connectivity index (χ3v) is 16.8. The number of aliphatic hydroxyl groups excluding tert-OH is 1. The third kappa shape index (κ3) is 8.18. The van der Waals surface area contributed by atoms with Crippen molar-refractivity contribution in [2.24, 2.45) is 34.3 Å². The van der Waals surface area contributed by atoms with E-state index in [1.807, 2.05) is 19.9 Å². The number of carboxylic acid groups (broad SMARTS) is 1. The molecule has 18 nitrogen and oxygen atoms in total. The number of carbonyl (C=O) groups is 6. The number of carbonyl (C=O) groups excluding carboxylic acids is 5. The maximum atomic E-state index is 17.0. The number of piperazine rings is 1. The van der Waals surface area contributed by atoms with Crippen LogP contribution in [0.25, 0.3) is 10.9 Å². The van der Waals surface area contributed by atoms with Gasteiger partial charge in [-0.1, -0.05) is 25.5 Å². The molecule has 6 aliphatic rings. The Kier molecular flexibility index (Phi) is 13.2. The summed E-state index contributed by atoms with van der Waals surface area (Å²) in [5.41, 5.74) is 0.0924. The van der Waals surface area contributed by atoms with Crippen LogP contribution in [0.3, 0.4) is 0 Å². The number of ketones is 2. The van der Waals surface area contributed by atoms with Gasteiger partial charge in [-0.15, -0.1) is 0 Å². The fourth-order valence-corrected chi connectivity index (χ4v) is 13.0. The minimum absolute atomic E-state index is 0.0498. The average Bonchev–Trinajstić information content (AvgIpc) is 4.09. The van der Waals surface area contributed by atoms with Gasteiger partial charge in [-0.3, -0.25) is 24.0 Å². The lowest BCUT2D eigenvalue weighted by Crippen LogP contribution is -2.64. The molecule has 5 aliphatic carbocycles. The first-order chi connectivity index (χ1) is 32.8. The third-order valence-electron chi connectivity index (χ3n) is 16.8. The highest BCUT2D eigenvalue weighted by Crippen LogP contribution is 2.67. The van der Waals surface area contributed by atoms with Crippen LogP contribution >= 0.6 is 0 Å². The number of methoxy groups -OCH3 is 1. The molecule has 0 spiro atoms. The first-order valence-corrected chi connectivity index (χ1v) is 24.2. The monoisotopic (exact) mass is 976 g/mol. The van der Waals surface area contributed by atoms with Crippen LogP contribution in [0.2, 0.25) is 0 Å². The molecule has 1 saturated heterocycles. The minimum atomic E-state index is -2.00. The second-order valence-electron chi connectivity index (χ2n) is 21.3. The van der Waals surface area contributed by atoms with Crippen LogP contribution in [-0.4, -0.2) is 123 Å². The van der Waals surface area contributed by atoms with Gasteiger partial charge in [0.25, 0.3) is 0 Å². The summed E-state index contributed by atoms with van der Waals surface area (Å²) in [5, 5.41) is 33.4. The lowest BCUT2D eigenvalue weighted by Gasteiger charge is -2.59. The van der Waals surface area contributed by atoms with Crippen molar-refractivity contribution in [1.82, 2.24) is 9.47 Å². The highest BCUT2D eigenvalue weighted by Gasteiger charge is 2.70. The number of aryl methyl sites for hydroxylation is 1. The summed E-state index contributed by atoms with van der Waals surface area (Å²) in [6, 6.07) is -2.00. The maximum absolute atomic E-state index is 17.0. The van der Waals surface area contributed by atoms with Gasteiger partial charge in [-0.05, 0) is 110 Å². The molecule has 1 aromatic heterocycles. The maximum Gasteiger partial charge on any atom is 0.413 e. The quantitative estimate of drug-likeness (QED) is 0.153. The zero-order chi connectivity index (χ0) is 51.2. The van der Waals surface area contributed by atoms with Gasteiger partial charge in [0.1, 0.15) is 22.9 Å². The number of fused-ring (bicyclic) bond motifs is 6. The number of hydrogen-bond donors (Lipinski definition) is 4. The Labute approximate surface area is 404 Å². The Bertz CT molecular complexity index is 2690. The Morgan fingerprint density at radius 2 is 1.74 bits per heavy atom. The Morgan fingerprint density at radius 1 is 1.04 bits per heavy atom. The van der Waals surface area contributed by atoms with Crippen molar-refractivity contribution in [3.63, 3.8) is 0 Å². The van der Waals surface area contributed by atoms with Gasteiger partial charge in [0.15, 0.2) is 23.0 Å². The Hall–Kier alpha value is -5.66. The standard InChI is InChI=1S/C51H65FN4O14/c1-25-23-54(19-20-55(25)47(65)69-24-68-35(59)14-13-33(53)44(61)62)41-39(52)26(2)36-40(43(41)67-8)56(29-10-11-29)27(3)37(42(36)60)45(63)70-48(4,5)46(64)51(66)18-16-32-31-12-9-28-21-30(57)15-17-49(28,6)38(31)34(58)22-50(32,51)7/h15,17,21,25,29,31-34,38,58,66H,9-14,16,18-20,22-24,53H2,1-8H3,(H,61,62)/t25?,31-,32-,33?,34-,38?,49-,50-,51-/m0/s1. The first kappa shape index (κ1) is 50.7. The summed E-state index contributed by atoms with van der Waals surface area (Å²) in [4.78, 5) is 95.6. The van der Waals surface area contributed by atoms with Crippen molar-refractivity contribution in [2.45, 2.75) is 142 Å². The van der Waals surface area contributed by atoms with E-state index in [1.165, 1.54) is 32.8 Å². The first-order valence-electron chi connectivity index (χ1n) is 24.2. The Balaban J connectivity index is 1.03. The van der Waals surface area contributed by atoms with Crippen molar-refractivity contribution < 1.29 is 67.4 Å². The fraction of sp³-hybridized carbons (Fsp3) is 0.627. The molecule has 380 valence electrons. The summed E-state index contributed by atoms with van der Waals surface area (Å²) in [6.07, 6.45) is 6.33. The van der Waals surface area contributed by atoms with Gasteiger partial charge in [0, 0.05) is 66.1 Å². The molecule has 5 N–H and O–H groups in total. The van der Waals surface area contributed by atoms with E-state index in [9.17, 15) is 43.8 Å². The van der Waals surface area contributed by atoms with Gasteiger partial charge in [-0.25, -0.2) is 14.0 Å². The summed E-state index contributed by atoms with van der Waals surface area (Å²) >= 11 is 0. The van der Waals surface area contributed by atoms with Crippen LogP contribution < -0.4 is 20.8 Å². The molecule has 9 atom stereocenters. The molecule has 70 heavy (non-hydrogen) atoms. The second-order valence-corrected chi connectivity index (χ2v) is 21.3. The van der Waals surface area contributed by atoms with Gasteiger partial charge >= 0.3 is 24.0 Å². The number of aliphatic carboxylic acids is 1. The lowest BCUT2D eigenvalue weighted by molar-refractivity contribution is -0.188. The molecule has 0 radical (unpaired) electrons. The average molecular weight is 977 g/mol. The van der Waals surface area contributed by atoms with Gasteiger partial charge < -0.3 is 54.4 Å². The molecule has 1 aromatic carbocycles. The van der Waals surface area contributed by atoms with E-state index >= 15 is 4.39 Å². The number of benzene rings is 1. The van der Waals surface area contributed by atoms with Crippen LogP contribution in [0.15, 0.2) is 28.6 Å². The molecule has 3 unspecified atom stereocenters. The molecule has 0 bridgehead atoms. The summed E-state index contributed by atoms with van der Waals surface area (Å²) < 4.78 is 40.9. The number of ether oxygens (including phenoxy) is 4. The van der Waals surface area contributed by atoms with Crippen molar-refractivity contribution in [1.29, 1.82) is 0 Å². The summed E-state index contributed by atoms with van der Waals surface area (Å²) in [6.45, 7) is 11.0. The SMILES string of the molecule is COc1c(N2CCN(C(=O)OCOC(=O)CCC(N)C(=O)O)C(C)C2)c(F)c(C)c2c(=O)c(C(=O)OC(C)(C)C(=O)[C@@]3(O)CC[C@H]4[C@@H]5CCC6=CC(=O)C=C[C@]6(C)C5[C@@H](O)C[C@@]43C)c(C)n(C3CC3)c12. The number of amides is 1. The van der Waals surface area contributed by atoms with Crippen LogP contribution in [0.5, 0.6) is 5.75 Å². The van der Waals surface area contributed by atoms with Crippen molar-refractivity contribution >= 4 is 52.2 Å². The van der Waals surface area contributed by atoms with Crippen LogP contribution in [0.4, 0.5) is 14.9 Å². The second kappa shape index (κ2) is 18.2. The predicted molar refractivity (Wildman–Crippen MR) is 251 cm³/mol. The number of rotatable bonds is 13. The molecule has 19 heteroatoms. The smallest absolute Gasteiger partial charge is 0.413 e. The number of halogens is 1. The number of aromatic nitrogens is 1. The minimum Gasteiger partial charge on any atom is -0.492 e. The molecule has 2 heterocycles. The molecular weight excluding hydrogens is 912 g/mol. The van der Waals surface area contributed by atoms with Crippen molar-refractivity contribution in [3.05, 3.63) is 56.7 Å². The highest BCUT2D eigenvalue weighted by molar-refractivity contribution is 6.03. The number of nitrogens with zero attached hydrogens (tertiary/aromatic N) is 3. The largest absolute Gasteiger partial charge is 0.492 e. The molecule has 2 aromatic rings. The molecule has 5 fully saturated rings. The van der Waals surface area contributed by atoms with Crippen LogP contribution in [0, 0.1) is 48.2 Å². The highest BCUT2D eigenvalue weighted by atomic mass is 19.1. The predicted octanol–water partition coefficient (Wildman–Crippen LogP) is 4.96. The van der Waals surface area contributed by atoms with Crippen LogP contribution in [-0.2, 0) is 33.4 Å². The van der Waals surface area contributed by atoms with E-state index in [2.05, 4.69) is 0 Å². The van der Waals surface area contributed by atoms with E-state index in [4.69, 9.17) is 29.8 Å². The number of hydrogen-bond acceptors (Lipinski definition) is 15. The van der Waals surface area contributed by atoms with E-state index < -0.39 is 88.0 Å². The van der Waals surface area contributed by atoms with Crippen molar-refractivity contribution in [3.8, 4) is 5.75 Å². The van der Waals surface area contributed by atoms with Gasteiger partial charge in [0.2, 0.25) is 18.0 Å². The number of aliphatic hydroxyl groups is 2. The zero-order valence-corrected chi connectivity index (χ0v) is 41.1. The number of esters is 2. The Morgan fingerprint density at radius 3 is 2.39 bits per heavy atom. The normalized spacial score (nSPS) is 29.9. The van der Waals surface area contributed by atoms with Crippen LogP contribution in [0.1, 0.15) is 120 Å². The van der Waals surface area contributed by atoms with E-state index in [0.717, 1.165) is 5.57 Å². The lowest BCUT2D eigenvalue weighted by atomic mass is 9.46. The number of anilines is 1. The van der Waals surface area contributed by atoms with E-state index in [1.54, 1.807) is 35.5 Å². The molecule has 8 rings (SSSR count). The number of allylic oxidation sites excluding steroid dienone is 4. The fourth-order valence-electron chi connectivity index (χ4n) is 13.0. The van der Waals surface area contributed by atoms with Gasteiger partial charge in [-0.2, -0.15) is 0 Å². The molecule has 4 saturated carbocycles. The number of nitrogens with two attached hydrogens (primary N) is 1. The van der Waals surface area contributed by atoms with Gasteiger partial charge in [0.05, 0.1) is 24.1 Å². The summed E-state index contributed by atoms with van der Waals surface area (Å²) in [5.74, 6) is -5.17. The number of Topliss-reactive ketones (excluding diaryl/α,β-unsaturated/α-hetero) is 1. The van der Waals surface area contributed by atoms with E-state index in [-0.39, 0.29) is 114 Å². The van der Waals surface area contributed by atoms with Crippen molar-refractivity contribution in [2.75, 3.05) is 38.4 Å². The molecular formula is C51H65FN4O14. The topological polar surface area (TPSA) is 255 Å². The molecule has 1 aliphatic heterocycles. The molecule has 1 amide bonds. The number of pyridine rings is 1. The van der Waals surface area contributed by atoms with E-state index in [0.29, 0.717) is 32.1 Å². The number of carboxylic acids is 1. The summed E-state index contributed by atoms with van der Waals surface area (Å²) in [7, 11) is 1.36. The zero-order valence-electron chi connectivity index (χ0n) is 41.1.